The summed E-state index contributed by atoms with van der Waals surface area (Å²) >= 11 is 0. The van der Waals surface area contributed by atoms with Crippen LogP contribution in [0.4, 0.5) is 5.69 Å². The fraction of sp³-hybridized carbons (Fsp3) is 0.304. The topological polar surface area (TPSA) is 59.1 Å². The normalized spacial score (nSPS) is 15.9. The number of hydrogen-bond donors (Lipinski definition) is 0. The number of amides is 2. The molecule has 0 spiro atoms. The van der Waals surface area contributed by atoms with E-state index in [4.69, 9.17) is 9.47 Å². The van der Waals surface area contributed by atoms with Gasteiger partial charge in [-0.05, 0) is 29.8 Å². The molecule has 1 saturated heterocycles. The Morgan fingerprint density at radius 3 is 2.69 bits per heavy atom. The zero-order valence-electron chi connectivity index (χ0n) is 16.8. The molecule has 2 aromatic carbocycles. The summed E-state index contributed by atoms with van der Waals surface area (Å²) in [5, 5.41) is 0. The largest absolute Gasteiger partial charge is 0.497 e. The Labute approximate surface area is 171 Å². The maximum atomic E-state index is 12.9. The molecule has 2 aromatic rings. The lowest BCUT2D eigenvalue weighted by Crippen LogP contribution is -2.34. The summed E-state index contributed by atoms with van der Waals surface area (Å²) in [5.74, 6) is 1.01. The van der Waals surface area contributed by atoms with Crippen molar-refractivity contribution in [2.45, 2.75) is 13.0 Å². The van der Waals surface area contributed by atoms with Gasteiger partial charge in [-0.25, -0.2) is 0 Å². The number of hydrogen-bond acceptors (Lipinski definition) is 4. The van der Waals surface area contributed by atoms with Gasteiger partial charge in [0, 0.05) is 38.3 Å². The summed E-state index contributed by atoms with van der Waals surface area (Å²) in [4.78, 5) is 28.7. The molecule has 0 bridgehead atoms. The van der Waals surface area contributed by atoms with Gasteiger partial charge >= 0.3 is 0 Å². The van der Waals surface area contributed by atoms with Crippen LogP contribution in [0.15, 0.2) is 61.2 Å². The van der Waals surface area contributed by atoms with E-state index in [1.165, 1.54) is 0 Å². The molecule has 6 heteroatoms. The highest BCUT2D eigenvalue weighted by Crippen LogP contribution is 2.29. The van der Waals surface area contributed by atoms with Crippen molar-refractivity contribution < 1.29 is 19.1 Å². The lowest BCUT2D eigenvalue weighted by Gasteiger charge is -2.22. The lowest BCUT2D eigenvalue weighted by atomic mass is 10.1. The molecule has 1 heterocycles. The smallest absolute Gasteiger partial charge is 0.228 e. The molecule has 1 aliphatic heterocycles. The first-order chi connectivity index (χ1) is 14.0. The molecule has 1 unspecified atom stereocenters. The number of methoxy groups -OCH3 is 1. The van der Waals surface area contributed by atoms with Crippen molar-refractivity contribution in [1.29, 1.82) is 0 Å². The summed E-state index contributed by atoms with van der Waals surface area (Å²) in [5.41, 5.74) is 1.75. The minimum Gasteiger partial charge on any atom is -0.497 e. The van der Waals surface area contributed by atoms with E-state index >= 15 is 0 Å². The van der Waals surface area contributed by atoms with Crippen molar-refractivity contribution in [1.82, 2.24) is 4.90 Å². The molecule has 6 nitrogen and oxygen atoms in total. The van der Waals surface area contributed by atoms with Crippen LogP contribution in [0.5, 0.6) is 11.5 Å². The SMILES string of the molecule is C=CCOc1ccc(CN(C)C(=O)C2CC(=O)N(c3cccc(OC)c3)C2)cc1. The molecule has 3 rings (SSSR count). The zero-order valence-corrected chi connectivity index (χ0v) is 16.8. The lowest BCUT2D eigenvalue weighted by molar-refractivity contribution is -0.135. The van der Waals surface area contributed by atoms with E-state index in [9.17, 15) is 9.59 Å². The number of rotatable bonds is 8. The fourth-order valence-electron chi connectivity index (χ4n) is 3.41. The van der Waals surface area contributed by atoms with Gasteiger partial charge in [0.2, 0.25) is 11.8 Å². The highest BCUT2D eigenvalue weighted by Gasteiger charge is 2.36. The van der Waals surface area contributed by atoms with E-state index < -0.39 is 0 Å². The third-order valence-corrected chi connectivity index (χ3v) is 4.93. The highest BCUT2D eigenvalue weighted by atomic mass is 16.5. The van der Waals surface area contributed by atoms with Gasteiger partial charge in [-0.1, -0.05) is 30.9 Å². The van der Waals surface area contributed by atoms with E-state index in [0.29, 0.717) is 25.4 Å². The van der Waals surface area contributed by atoms with E-state index in [0.717, 1.165) is 17.0 Å². The van der Waals surface area contributed by atoms with Crippen LogP contribution >= 0.6 is 0 Å². The third kappa shape index (κ3) is 4.96. The quantitative estimate of drug-likeness (QED) is 0.645. The van der Waals surface area contributed by atoms with Gasteiger partial charge in [0.15, 0.2) is 0 Å². The van der Waals surface area contributed by atoms with Gasteiger partial charge < -0.3 is 19.3 Å². The van der Waals surface area contributed by atoms with Crippen LogP contribution in [0.25, 0.3) is 0 Å². The van der Waals surface area contributed by atoms with E-state index in [1.54, 1.807) is 30.0 Å². The fourth-order valence-corrected chi connectivity index (χ4v) is 3.41. The van der Waals surface area contributed by atoms with Gasteiger partial charge in [-0.3, -0.25) is 9.59 Å². The molecule has 0 N–H and O–H groups in total. The number of ether oxygens (including phenoxy) is 2. The Kier molecular flexibility index (Phi) is 6.54. The second-order valence-corrected chi connectivity index (χ2v) is 7.04. The minimum atomic E-state index is -0.353. The van der Waals surface area contributed by atoms with Crippen LogP contribution in [0.1, 0.15) is 12.0 Å². The van der Waals surface area contributed by atoms with Crippen molar-refractivity contribution in [3.8, 4) is 11.5 Å². The molecule has 152 valence electrons. The first-order valence-electron chi connectivity index (χ1n) is 9.54. The summed E-state index contributed by atoms with van der Waals surface area (Å²) in [6, 6.07) is 15.0. The number of anilines is 1. The van der Waals surface area contributed by atoms with Crippen molar-refractivity contribution in [2.75, 3.05) is 32.2 Å². The first kappa shape index (κ1) is 20.5. The van der Waals surface area contributed by atoms with Crippen molar-refractivity contribution in [2.24, 2.45) is 5.92 Å². The third-order valence-electron chi connectivity index (χ3n) is 4.93. The van der Waals surface area contributed by atoms with Crippen LogP contribution in [0.3, 0.4) is 0 Å². The molecule has 0 saturated carbocycles. The second kappa shape index (κ2) is 9.28. The van der Waals surface area contributed by atoms with Crippen molar-refractivity contribution in [3.05, 3.63) is 66.7 Å². The molecule has 1 fully saturated rings. The summed E-state index contributed by atoms with van der Waals surface area (Å²) in [7, 11) is 3.35. The zero-order chi connectivity index (χ0) is 20.8. The minimum absolute atomic E-state index is 0.0317. The Balaban J connectivity index is 1.61. The van der Waals surface area contributed by atoms with Crippen LogP contribution < -0.4 is 14.4 Å². The number of carbonyl (C=O) groups excluding carboxylic acids is 2. The molecule has 0 radical (unpaired) electrons. The first-order valence-corrected chi connectivity index (χ1v) is 9.54. The molecular weight excluding hydrogens is 368 g/mol. The summed E-state index contributed by atoms with van der Waals surface area (Å²) < 4.78 is 10.7. The molecule has 1 aliphatic rings. The Morgan fingerprint density at radius 1 is 1.24 bits per heavy atom. The van der Waals surface area contributed by atoms with Gasteiger partial charge in [0.25, 0.3) is 0 Å². The van der Waals surface area contributed by atoms with Gasteiger partial charge in [-0.2, -0.15) is 0 Å². The van der Waals surface area contributed by atoms with Crippen LogP contribution in [-0.2, 0) is 16.1 Å². The Bertz CT molecular complexity index is 879. The maximum absolute atomic E-state index is 12.9. The second-order valence-electron chi connectivity index (χ2n) is 7.04. The highest BCUT2D eigenvalue weighted by molar-refractivity contribution is 6.00. The molecule has 29 heavy (non-hydrogen) atoms. The average Bonchev–Trinajstić information content (AvgIpc) is 3.14. The van der Waals surface area contributed by atoms with E-state index in [2.05, 4.69) is 6.58 Å². The van der Waals surface area contributed by atoms with Crippen LogP contribution in [0.2, 0.25) is 0 Å². The number of benzene rings is 2. The Hall–Kier alpha value is -3.28. The van der Waals surface area contributed by atoms with Crippen molar-refractivity contribution >= 4 is 17.5 Å². The molecule has 0 aliphatic carbocycles. The average molecular weight is 394 g/mol. The van der Waals surface area contributed by atoms with Crippen LogP contribution in [0, 0.1) is 5.92 Å². The van der Waals surface area contributed by atoms with Gasteiger partial charge in [-0.15, -0.1) is 0 Å². The van der Waals surface area contributed by atoms with Gasteiger partial charge in [0.05, 0.1) is 13.0 Å². The van der Waals surface area contributed by atoms with Crippen LogP contribution in [-0.4, -0.2) is 44.0 Å². The summed E-state index contributed by atoms with van der Waals surface area (Å²) in [6.45, 7) is 4.94. The predicted octanol–water partition coefficient (Wildman–Crippen LogP) is 3.27. The van der Waals surface area contributed by atoms with E-state index in [-0.39, 0.29) is 24.2 Å². The molecule has 0 aromatic heterocycles. The van der Waals surface area contributed by atoms with Crippen molar-refractivity contribution in [3.63, 3.8) is 0 Å². The standard InChI is InChI=1S/C23H26N2O4/c1-4-12-29-20-10-8-17(9-11-20)15-24(2)23(27)18-13-22(26)25(16-18)19-6-5-7-21(14-19)28-3/h4-11,14,18H,1,12-13,15-16H2,2-3H3. The van der Waals surface area contributed by atoms with E-state index in [1.807, 2.05) is 48.5 Å². The molecule has 2 amide bonds. The number of carbonyl (C=O) groups is 2. The number of nitrogens with zero attached hydrogens (tertiary/aromatic N) is 2. The molecule has 1 atom stereocenters. The predicted molar refractivity (Wildman–Crippen MR) is 112 cm³/mol. The Morgan fingerprint density at radius 2 is 2.00 bits per heavy atom. The molecular formula is C23H26N2O4. The monoisotopic (exact) mass is 394 g/mol. The maximum Gasteiger partial charge on any atom is 0.228 e. The van der Waals surface area contributed by atoms with Gasteiger partial charge in [0.1, 0.15) is 18.1 Å². The summed E-state index contributed by atoms with van der Waals surface area (Å²) in [6.07, 6.45) is 1.91.